The molecule has 4 N–H and O–H groups in total. The maximum Gasteiger partial charge on any atom is 0.303 e. The van der Waals surface area contributed by atoms with E-state index in [-0.39, 0.29) is 41.0 Å². The van der Waals surface area contributed by atoms with E-state index >= 15 is 0 Å². The zero-order chi connectivity index (χ0) is 16.4. The smallest absolute Gasteiger partial charge is 0.303 e. The predicted octanol–water partition coefficient (Wildman–Crippen LogP) is 1.53. The van der Waals surface area contributed by atoms with Gasteiger partial charge in [-0.3, -0.25) is 19.2 Å². The molecule has 0 spiro atoms. The van der Waals surface area contributed by atoms with Crippen LogP contribution in [0.2, 0.25) is 0 Å². The minimum atomic E-state index is -0.833. The van der Waals surface area contributed by atoms with Crippen molar-refractivity contribution in [1.82, 2.24) is 0 Å². The monoisotopic (exact) mass is 330 g/mol. The molecule has 0 saturated carbocycles. The average Bonchev–Trinajstić information content (AvgIpc) is 2.29. The van der Waals surface area contributed by atoms with E-state index in [1.807, 2.05) is 0 Å². The van der Waals surface area contributed by atoms with E-state index in [4.69, 9.17) is 25.2 Å². The Morgan fingerprint density at radius 2 is 0.700 bits per heavy atom. The van der Waals surface area contributed by atoms with E-state index < -0.39 is 23.9 Å². The van der Waals surface area contributed by atoms with Gasteiger partial charge in [0, 0.05) is 47.9 Å². The summed E-state index contributed by atoms with van der Waals surface area (Å²) >= 11 is 0. The summed E-state index contributed by atoms with van der Waals surface area (Å²) < 4.78 is 0. The van der Waals surface area contributed by atoms with Crippen LogP contribution in [0.4, 0.5) is 0 Å². The van der Waals surface area contributed by atoms with Crippen LogP contribution in [-0.4, -0.2) is 44.3 Å². The van der Waals surface area contributed by atoms with Gasteiger partial charge in [-0.15, -0.1) is 0 Å². The number of carboxylic acid groups (broad SMARTS) is 4. The maximum atomic E-state index is 9.37. The molecule has 0 aromatic rings. The SMILES string of the molecule is CC(=O)O.CCC(=O)O.CCC(=O)O.CCC(=O)O.[Ti]. The molecule has 0 radical (unpaired) electrons. The Labute approximate surface area is 132 Å². The third kappa shape index (κ3) is 191. The second-order valence-corrected chi connectivity index (χ2v) is 2.76. The van der Waals surface area contributed by atoms with Crippen molar-refractivity contribution in [2.45, 2.75) is 47.0 Å². The van der Waals surface area contributed by atoms with Gasteiger partial charge in [-0.25, -0.2) is 0 Å². The maximum absolute atomic E-state index is 9.37. The van der Waals surface area contributed by atoms with Gasteiger partial charge >= 0.3 is 17.9 Å². The summed E-state index contributed by atoms with van der Waals surface area (Å²) in [5.41, 5.74) is 0. The Morgan fingerprint density at radius 1 is 0.650 bits per heavy atom. The van der Waals surface area contributed by atoms with Crippen molar-refractivity contribution in [3.05, 3.63) is 0 Å². The van der Waals surface area contributed by atoms with Crippen LogP contribution >= 0.6 is 0 Å². The van der Waals surface area contributed by atoms with E-state index in [1.165, 1.54) is 0 Å². The normalized spacial score (nSPS) is 6.80. The van der Waals surface area contributed by atoms with E-state index in [2.05, 4.69) is 0 Å². The summed E-state index contributed by atoms with van der Waals surface area (Å²) in [5, 5.41) is 30.6. The Morgan fingerprint density at radius 3 is 0.700 bits per heavy atom. The topological polar surface area (TPSA) is 149 Å². The minimum Gasteiger partial charge on any atom is -0.481 e. The van der Waals surface area contributed by atoms with Gasteiger partial charge in [0.1, 0.15) is 0 Å². The molecule has 0 aromatic heterocycles. The van der Waals surface area contributed by atoms with Gasteiger partial charge in [-0.05, 0) is 0 Å². The molecule has 0 atom stereocenters. The van der Waals surface area contributed by atoms with E-state index in [0.717, 1.165) is 6.92 Å². The Kier molecular flexibility index (Phi) is 40.8. The van der Waals surface area contributed by atoms with Crippen molar-refractivity contribution in [2.75, 3.05) is 0 Å². The van der Waals surface area contributed by atoms with Crippen molar-refractivity contribution in [3.63, 3.8) is 0 Å². The molecule has 0 bridgehead atoms. The first-order valence-corrected chi connectivity index (χ1v) is 5.39. The first-order valence-electron chi connectivity index (χ1n) is 5.39. The van der Waals surface area contributed by atoms with Crippen molar-refractivity contribution in [3.8, 4) is 0 Å². The standard InChI is InChI=1S/3C3H6O2.C2H4O2.Ti/c3*1-2-3(4)5;1-2(3)4;/h3*2H2,1H3,(H,4,5);1H3,(H,3,4);. The molecule has 0 rings (SSSR count). The van der Waals surface area contributed by atoms with Crippen LogP contribution in [0.1, 0.15) is 47.0 Å². The van der Waals surface area contributed by atoms with Gasteiger partial charge in [0.05, 0.1) is 0 Å². The second-order valence-electron chi connectivity index (χ2n) is 2.76. The minimum absolute atomic E-state index is 0. The third-order valence-electron chi connectivity index (χ3n) is 0.907. The van der Waals surface area contributed by atoms with Gasteiger partial charge in [-0.2, -0.15) is 0 Å². The summed E-state index contributed by atoms with van der Waals surface area (Å²) in [6.45, 7) is 5.88. The van der Waals surface area contributed by atoms with Gasteiger partial charge in [0.2, 0.25) is 0 Å². The fourth-order valence-electron chi connectivity index (χ4n) is 0. The van der Waals surface area contributed by atoms with Crippen LogP contribution < -0.4 is 0 Å². The van der Waals surface area contributed by atoms with Crippen LogP contribution in [-0.2, 0) is 40.9 Å². The second kappa shape index (κ2) is 26.2. The summed E-state index contributed by atoms with van der Waals surface area (Å²) in [6, 6.07) is 0. The molecule has 118 valence electrons. The fraction of sp³-hybridized carbons (Fsp3) is 0.636. The fourth-order valence-corrected chi connectivity index (χ4v) is 0. The molecule has 0 unspecified atom stereocenters. The molecule has 0 aromatic carbocycles. The van der Waals surface area contributed by atoms with Crippen LogP contribution in [0, 0.1) is 0 Å². The molecular weight excluding hydrogens is 308 g/mol. The molecular formula is C11H22O8Ti. The first kappa shape index (κ1) is 31.1. The molecule has 20 heavy (non-hydrogen) atoms. The van der Waals surface area contributed by atoms with E-state index in [1.54, 1.807) is 20.8 Å². The van der Waals surface area contributed by atoms with Crippen molar-refractivity contribution >= 4 is 23.9 Å². The van der Waals surface area contributed by atoms with Crippen LogP contribution in [0.3, 0.4) is 0 Å². The Hall–Kier alpha value is -1.41. The largest absolute Gasteiger partial charge is 0.481 e. The van der Waals surface area contributed by atoms with Crippen LogP contribution in [0.15, 0.2) is 0 Å². The predicted molar refractivity (Wildman–Crippen MR) is 67.1 cm³/mol. The Balaban J connectivity index is -0.0000000494. The number of carboxylic acids is 4. The van der Waals surface area contributed by atoms with Crippen molar-refractivity contribution in [2.24, 2.45) is 0 Å². The number of aliphatic carboxylic acids is 4. The summed E-state index contributed by atoms with van der Waals surface area (Å²) in [5.74, 6) is -3.07. The van der Waals surface area contributed by atoms with Gasteiger partial charge in [-0.1, -0.05) is 20.8 Å². The number of hydrogen-bond acceptors (Lipinski definition) is 4. The van der Waals surface area contributed by atoms with Crippen molar-refractivity contribution in [1.29, 1.82) is 0 Å². The summed E-state index contributed by atoms with van der Waals surface area (Å²) in [4.78, 5) is 37.1. The molecule has 0 aliphatic carbocycles. The number of hydrogen-bond donors (Lipinski definition) is 4. The zero-order valence-electron chi connectivity index (χ0n) is 12.0. The van der Waals surface area contributed by atoms with Gasteiger partial charge in [0.25, 0.3) is 5.97 Å². The molecule has 0 fully saturated rings. The quantitative estimate of drug-likeness (QED) is 0.569. The van der Waals surface area contributed by atoms with E-state index in [0.29, 0.717) is 0 Å². The first-order chi connectivity index (χ1) is 8.54. The molecule has 0 amide bonds. The summed E-state index contributed by atoms with van der Waals surface area (Å²) in [6.07, 6.45) is 0.667. The molecule has 8 nitrogen and oxygen atoms in total. The van der Waals surface area contributed by atoms with Crippen molar-refractivity contribution < 1.29 is 61.3 Å². The zero-order valence-corrected chi connectivity index (χ0v) is 13.6. The number of carbonyl (C=O) groups is 4. The molecule has 0 heterocycles. The molecule has 0 aliphatic heterocycles. The van der Waals surface area contributed by atoms with Gasteiger partial charge in [0.15, 0.2) is 0 Å². The Bertz CT molecular complexity index is 228. The third-order valence-corrected chi connectivity index (χ3v) is 0.907. The van der Waals surface area contributed by atoms with Crippen LogP contribution in [0.5, 0.6) is 0 Å². The average molecular weight is 330 g/mol. The molecule has 0 saturated heterocycles. The number of rotatable bonds is 3. The molecule has 0 aliphatic rings. The van der Waals surface area contributed by atoms with Gasteiger partial charge < -0.3 is 20.4 Å². The summed E-state index contributed by atoms with van der Waals surface area (Å²) in [7, 11) is 0. The van der Waals surface area contributed by atoms with Crippen LogP contribution in [0.25, 0.3) is 0 Å². The van der Waals surface area contributed by atoms with E-state index in [9.17, 15) is 14.4 Å². The molecule has 9 heteroatoms.